The number of hydrogen-bond donors (Lipinski definition) is 2. The predicted molar refractivity (Wildman–Crippen MR) is 127 cm³/mol. The number of anilines is 1. The van der Waals surface area contributed by atoms with E-state index in [1.54, 1.807) is 53.9 Å². The van der Waals surface area contributed by atoms with Gasteiger partial charge in [-0.1, -0.05) is 24.3 Å². The van der Waals surface area contributed by atoms with E-state index in [4.69, 9.17) is 4.74 Å². The number of para-hydroxylation sites is 1. The van der Waals surface area contributed by atoms with Crippen LogP contribution in [0.25, 0.3) is 5.65 Å². The molecule has 2 amide bonds. The van der Waals surface area contributed by atoms with E-state index in [1.807, 2.05) is 0 Å². The van der Waals surface area contributed by atoms with Crippen LogP contribution in [0.15, 0.2) is 60.8 Å². The maximum atomic E-state index is 14.0. The summed E-state index contributed by atoms with van der Waals surface area (Å²) < 4.78 is 35.3. The largest absolute Gasteiger partial charge is 0.485 e. The molecule has 1 aliphatic rings. The Hall–Kier alpha value is -4.47. The summed E-state index contributed by atoms with van der Waals surface area (Å²) in [5.74, 6) is -1.55. The fourth-order valence-corrected chi connectivity index (χ4v) is 4.50. The van der Waals surface area contributed by atoms with Crippen molar-refractivity contribution in [2.75, 3.05) is 11.4 Å². The third-order valence-electron chi connectivity index (χ3n) is 6.22. The maximum absolute atomic E-state index is 14.0. The van der Waals surface area contributed by atoms with Crippen LogP contribution in [-0.4, -0.2) is 33.0 Å². The molecule has 0 saturated heterocycles. The number of rotatable bonds is 5. The van der Waals surface area contributed by atoms with Gasteiger partial charge in [0.15, 0.2) is 11.4 Å². The minimum absolute atomic E-state index is 0.202. The molecule has 1 unspecified atom stereocenters. The molecule has 0 radical (unpaired) electrons. The monoisotopic (exact) mass is 492 g/mol. The molecule has 3 heterocycles. The van der Waals surface area contributed by atoms with Gasteiger partial charge < -0.3 is 15.2 Å². The molecular weight excluding hydrogens is 470 g/mol. The maximum Gasteiger partial charge on any atom is 0.411 e. The number of pyridine rings is 1. The van der Waals surface area contributed by atoms with Crippen molar-refractivity contribution < 1.29 is 28.2 Å². The van der Waals surface area contributed by atoms with Crippen molar-refractivity contribution in [2.24, 2.45) is 0 Å². The van der Waals surface area contributed by atoms with Crippen LogP contribution in [0.2, 0.25) is 0 Å². The first-order chi connectivity index (χ1) is 17.3. The molecule has 184 valence electrons. The average molecular weight is 492 g/mol. The molecule has 2 N–H and O–H groups in total. The number of aromatic nitrogens is 2. The van der Waals surface area contributed by atoms with Crippen molar-refractivity contribution in [3.8, 4) is 5.75 Å². The van der Waals surface area contributed by atoms with Gasteiger partial charge in [0.2, 0.25) is 0 Å². The van der Waals surface area contributed by atoms with Gasteiger partial charge in [0.1, 0.15) is 23.9 Å². The second-order valence-electron chi connectivity index (χ2n) is 8.41. The van der Waals surface area contributed by atoms with Crippen molar-refractivity contribution in [3.05, 3.63) is 94.9 Å². The van der Waals surface area contributed by atoms with Gasteiger partial charge >= 0.3 is 6.09 Å². The molecule has 0 saturated carbocycles. The van der Waals surface area contributed by atoms with E-state index in [1.165, 1.54) is 11.0 Å². The number of fused-ring (bicyclic) bond motifs is 2. The minimum Gasteiger partial charge on any atom is -0.485 e. The molecule has 4 aromatic rings. The Labute approximate surface area is 204 Å². The van der Waals surface area contributed by atoms with E-state index in [9.17, 15) is 23.5 Å². The first-order valence-corrected chi connectivity index (χ1v) is 11.3. The molecule has 8 nitrogen and oxygen atoms in total. The molecule has 2 aromatic carbocycles. The van der Waals surface area contributed by atoms with Gasteiger partial charge in [0.25, 0.3) is 5.91 Å². The average Bonchev–Trinajstić information content (AvgIpc) is 3.20. The zero-order valence-corrected chi connectivity index (χ0v) is 19.2. The van der Waals surface area contributed by atoms with E-state index in [-0.39, 0.29) is 36.1 Å². The summed E-state index contributed by atoms with van der Waals surface area (Å²) in [6, 6.07) is 13.5. The first kappa shape index (κ1) is 23.3. The Morgan fingerprint density at radius 2 is 1.86 bits per heavy atom. The summed E-state index contributed by atoms with van der Waals surface area (Å²) in [5, 5.41) is 12.5. The SMILES string of the molecule is Cc1nc2c(OCc3c(F)cccc3F)cccn2c1C(=O)NC1CCN(C(=O)O)c2ccccc21. The number of halogens is 2. The van der Waals surface area contributed by atoms with Gasteiger partial charge in [0, 0.05) is 12.7 Å². The summed E-state index contributed by atoms with van der Waals surface area (Å²) in [4.78, 5) is 30.7. The second kappa shape index (κ2) is 9.29. The highest BCUT2D eigenvalue weighted by molar-refractivity contribution is 5.96. The third-order valence-corrected chi connectivity index (χ3v) is 6.22. The molecule has 1 atom stereocenters. The van der Waals surface area contributed by atoms with E-state index in [0.29, 0.717) is 29.0 Å². The number of nitrogens with one attached hydrogen (secondary N) is 1. The van der Waals surface area contributed by atoms with Crippen molar-refractivity contribution in [1.82, 2.24) is 14.7 Å². The van der Waals surface area contributed by atoms with E-state index in [0.717, 1.165) is 12.1 Å². The van der Waals surface area contributed by atoms with Gasteiger partial charge in [0.05, 0.1) is 23.0 Å². The summed E-state index contributed by atoms with van der Waals surface area (Å²) in [5.41, 5.74) is 2.10. The molecule has 0 bridgehead atoms. The molecular formula is C26H22F2N4O4. The Bertz CT molecular complexity index is 1470. The lowest BCUT2D eigenvalue weighted by Gasteiger charge is -2.33. The van der Waals surface area contributed by atoms with Crippen LogP contribution in [0, 0.1) is 18.6 Å². The Morgan fingerprint density at radius 3 is 2.61 bits per heavy atom. The van der Waals surface area contributed by atoms with Gasteiger partial charge in [-0.2, -0.15) is 0 Å². The van der Waals surface area contributed by atoms with Crippen LogP contribution in [-0.2, 0) is 6.61 Å². The fraction of sp³-hybridized carbons (Fsp3) is 0.192. The predicted octanol–water partition coefficient (Wildman–Crippen LogP) is 4.86. The zero-order chi connectivity index (χ0) is 25.4. The van der Waals surface area contributed by atoms with Gasteiger partial charge in [-0.15, -0.1) is 0 Å². The van der Waals surface area contributed by atoms with Crippen molar-refractivity contribution in [3.63, 3.8) is 0 Å². The van der Waals surface area contributed by atoms with Crippen LogP contribution >= 0.6 is 0 Å². The Kier molecular flexibility index (Phi) is 6.01. The molecule has 10 heteroatoms. The number of benzene rings is 2. The fourth-order valence-electron chi connectivity index (χ4n) is 4.50. The van der Waals surface area contributed by atoms with E-state index >= 15 is 0 Å². The van der Waals surface area contributed by atoms with Crippen molar-refractivity contribution in [1.29, 1.82) is 0 Å². The lowest BCUT2D eigenvalue weighted by Crippen LogP contribution is -2.40. The molecule has 1 aliphatic heterocycles. The van der Waals surface area contributed by atoms with Crippen LogP contribution in [0.1, 0.15) is 39.8 Å². The number of imidazole rings is 1. The van der Waals surface area contributed by atoms with Crippen LogP contribution in [0.3, 0.4) is 0 Å². The normalized spacial score (nSPS) is 15.0. The molecule has 2 aromatic heterocycles. The second-order valence-corrected chi connectivity index (χ2v) is 8.41. The van der Waals surface area contributed by atoms with Crippen molar-refractivity contribution in [2.45, 2.75) is 26.0 Å². The number of nitrogens with zero attached hydrogens (tertiary/aromatic N) is 3. The third kappa shape index (κ3) is 4.10. The van der Waals surface area contributed by atoms with Gasteiger partial charge in [-0.3, -0.25) is 14.1 Å². The number of carbonyl (C=O) groups excluding carboxylic acids is 1. The highest BCUT2D eigenvalue weighted by Gasteiger charge is 2.30. The highest BCUT2D eigenvalue weighted by atomic mass is 19.1. The number of hydrogen-bond acceptors (Lipinski definition) is 4. The molecule has 5 rings (SSSR count). The minimum atomic E-state index is -1.05. The topological polar surface area (TPSA) is 96.2 Å². The van der Waals surface area contributed by atoms with Crippen LogP contribution in [0.4, 0.5) is 19.3 Å². The number of carbonyl (C=O) groups is 2. The number of amides is 2. The molecule has 36 heavy (non-hydrogen) atoms. The number of carboxylic acid groups (broad SMARTS) is 1. The lowest BCUT2D eigenvalue weighted by atomic mass is 9.96. The van der Waals surface area contributed by atoms with Crippen molar-refractivity contribution >= 4 is 23.3 Å². The highest BCUT2D eigenvalue weighted by Crippen LogP contribution is 2.34. The quantitative estimate of drug-likeness (QED) is 0.415. The Balaban J connectivity index is 1.42. The number of aryl methyl sites for hydroxylation is 1. The zero-order valence-electron chi connectivity index (χ0n) is 19.2. The molecule has 0 spiro atoms. The lowest BCUT2D eigenvalue weighted by molar-refractivity contribution is 0.0927. The van der Waals surface area contributed by atoms with Crippen LogP contribution < -0.4 is 15.0 Å². The molecule has 0 fully saturated rings. The smallest absolute Gasteiger partial charge is 0.411 e. The Morgan fingerprint density at radius 1 is 1.11 bits per heavy atom. The summed E-state index contributed by atoms with van der Waals surface area (Å²) >= 11 is 0. The molecule has 0 aliphatic carbocycles. The summed E-state index contributed by atoms with van der Waals surface area (Å²) in [7, 11) is 0. The number of ether oxygens (including phenoxy) is 1. The first-order valence-electron chi connectivity index (χ1n) is 11.3. The van der Waals surface area contributed by atoms with Gasteiger partial charge in [-0.05, 0) is 49.2 Å². The summed E-state index contributed by atoms with van der Waals surface area (Å²) in [6.07, 6.45) is 1.02. The van der Waals surface area contributed by atoms with Gasteiger partial charge in [-0.25, -0.2) is 18.6 Å². The van der Waals surface area contributed by atoms with Crippen LogP contribution in [0.5, 0.6) is 5.75 Å². The van der Waals surface area contributed by atoms with E-state index < -0.39 is 23.8 Å². The standard InChI is InChI=1S/C26H22F2N4O4/c1-15-23(25(33)30-20-11-13-31(26(34)35)21-9-3-2-6-16(20)21)32-12-5-10-22(24(32)29-15)36-14-17-18(27)7-4-8-19(17)28/h2-10,12,20H,11,13-14H2,1H3,(H,30,33)(H,34,35). The van der Waals surface area contributed by atoms with E-state index in [2.05, 4.69) is 10.3 Å². The summed E-state index contributed by atoms with van der Waals surface area (Å²) in [6.45, 7) is 1.59.